The number of fused-ring (bicyclic) bond motifs is 2. The van der Waals surface area contributed by atoms with Crippen molar-refractivity contribution in [3.8, 4) is 0 Å². The molecule has 3 rings (SSSR count). The normalized spacial score (nSPS) is 26.5. The third kappa shape index (κ3) is 3.52. The molecule has 1 unspecified atom stereocenters. The number of ether oxygens (including phenoxy) is 1. The average Bonchev–Trinajstić information content (AvgIpc) is 2.71. The Morgan fingerprint density at radius 1 is 1.29 bits per heavy atom. The van der Waals surface area contributed by atoms with Crippen LogP contribution < -0.4 is 5.32 Å². The second-order valence-corrected chi connectivity index (χ2v) is 6.41. The summed E-state index contributed by atoms with van der Waals surface area (Å²) in [6.45, 7) is 0. The molecule has 2 bridgehead atoms. The smallest absolute Gasteiger partial charge is 0.416 e. The Bertz CT molecular complexity index is 662. The molecule has 1 amide bonds. The molecule has 3 atom stereocenters. The van der Waals surface area contributed by atoms with E-state index < -0.39 is 17.8 Å². The Morgan fingerprint density at radius 3 is 2.46 bits per heavy atom. The van der Waals surface area contributed by atoms with E-state index in [1.54, 1.807) is 0 Å². The number of amides is 1. The van der Waals surface area contributed by atoms with Gasteiger partial charge in [-0.05, 0) is 25.2 Å². The fourth-order valence-corrected chi connectivity index (χ4v) is 3.31. The summed E-state index contributed by atoms with van der Waals surface area (Å²) in [6.07, 6.45) is 0.139. The molecule has 24 heavy (non-hydrogen) atoms. The molecule has 0 radical (unpaired) electrons. The van der Waals surface area contributed by atoms with E-state index in [2.05, 4.69) is 22.4 Å². The van der Waals surface area contributed by atoms with Crippen molar-refractivity contribution >= 4 is 23.4 Å². The first kappa shape index (κ1) is 17.1. The van der Waals surface area contributed by atoms with E-state index in [0.717, 1.165) is 18.2 Å². The molecule has 1 saturated heterocycles. The quantitative estimate of drug-likeness (QED) is 0.799. The third-order valence-corrected chi connectivity index (χ3v) is 4.73. The zero-order valence-corrected chi connectivity index (χ0v) is 13.6. The molecule has 1 fully saturated rings. The molecule has 4 nitrogen and oxygen atoms in total. The molecule has 1 aromatic rings. The van der Waals surface area contributed by atoms with Crippen molar-refractivity contribution in [3.63, 3.8) is 0 Å². The lowest BCUT2D eigenvalue weighted by atomic mass is 10.00. The van der Waals surface area contributed by atoms with Gasteiger partial charge in [0.2, 0.25) is 0 Å². The molecule has 130 valence electrons. The highest BCUT2D eigenvalue weighted by atomic mass is 35.5. The second kappa shape index (κ2) is 6.29. The molecule has 8 heteroatoms. The van der Waals surface area contributed by atoms with Gasteiger partial charge in [0.25, 0.3) is 0 Å². The van der Waals surface area contributed by atoms with Crippen LogP contribution in [0, 0.1) is 0 Å². The number of hydrogen-bond donors (Lipinski definition) is 1. The summed E-state index contributed by atoms with van der Waals surface area (Å²) in [4.78, 5) is 14.2. The summed E-state index contributed by atoms with van der Waals surface area (Å²) in [5.74, 6) is 0. The van der Waals surface area contributed by atoms with E-state index in [-0.39, 0.29) is 28.9 Å². The van der Waals surface area contributed by atoms with E-state index >= 15 is 0 Å². The zero-order chi connectivity index (χ0) is 17.5. The number of benzene rings is 1. The fourth-order valence-electron chi connectivity index (χ4n) is 3.08. The number of nitrogens with one attached hydrogen (secondary N) is 1. The van der Waals surface area contributed by atoms with E-state index in [0.29, 0.717) is 12.8 Å². The lowest BCUT2D eigenvalue weighted by molar-refractivity contribution is -0.137. The lowest BCUT2D eigenvalue weighted by Gasteiger charge is -2.35. The number of piperidine rings is 1. The molecular weight excluding hydrogens is 345 g/mol. The van der Waals surface area contributed by atoms with Crippen molar-refractivity contribution < 1.29 is 22.7 Å². The monoisotopic (exact) mass is 360 g/mol. The van der Waals surface area contributed by atoms with Gasteiger partial charge in [-0.2, -0.15) is 13.2 Å². The molecule has 2 aliphatic rings. The van der Waals surface area contributed by atoms with Crippen LogP contribution in [-0.4, -0.2) is 36.2 Å². The summed E-state index contributed by atoms with van der Waals surface area (Å²) in [6, 6.07) is 3.25. The molecule has 0 aromatic heterocycles. The number of hydrogen-bond acceptors (Lipinski definition) is 3. The van der Waals surface area contributed by atoms with Crippen LogP contribution in [0.4, 0.5) is 23.7 Å². The number of halogens is 4. The summed E-state index contributed by atoms with van der Waals surface area (Å²) in [5, 5.41) is 2.21. The number of anilines is 1. The topological polar surface area (TPSA) is 41.6 Å². The van der Waals surface area contributed by atoms with Gasteiger partial charge in [0.05, 0.1) is 16.3 Å². The Labute approximate surface area is 142 Å². The Kier molecular flexibility index (Phi) is 4.48. The van der Waals surface area contributed by atoms with Gasteiger partial charge in [-0.1, -0.05) is 23.8 Å². The largest absolute Gasteiger partial charge is 0.446 e. The predicted molar refractivity (Wildman–Crippen MR) is 84.1 cm³/mol. The average molecular weight is 361 g/mol. The van der Waals surface area contributed by atoms with Gasteiger partial charge in [0.1, 0.15) is 6.10 Å². The Hall–Kier alpha value is -1.73. The van der Waals surface area contributed by atoms with Gasteiger partial charge >= 0.3 is 12.3 Å². The van der Waals surface area contributed by atoms with Gasteiger partial charge in [0.15, 0.2) is 0 Å². The maximum atomic E-state index is 12.6. The maximum Gasteiger partial charge on any atom is 0.416 e. The zero-order valence-electron chi connectivity index (χ0n) is 12.8. The first-order valence-corrected chi connectivity index (χ1v) is 7.86. The van der Waals surface area contributed by atoms with E-state index in [9.17, 15) is 18.0 Å². The van der Waals surface area contributed by atoms with Crippen LogP contribution >= 0.6 is 11.6 Å². The molecular formula is C16H16ClF3N2O2. The molecule has 0 saturated carbocycles. The number of rotatable bonds is 2. The van der Waals surface area contributed by atoms with Gasteiger partial charge in [-0.3, -0.25) is 10.2 Å². The highest BCUT2D eigenvalue weighted by molar-refractivity contribution is 6.33. The van der Waals surface area contributed by atoms with Crippen LogP contribution in [0.5, 0.6) is 0 Å². The van der Waals surface area contributed by atoms with Crippen LogP contribution in [0.1, 0.15) is 18.4 Å². The minimum absolute atomic E-state index is 0.0868. The van der Waals surface area contributed by atoms with Crippen molar-refractivity contribution in [2.75, 3.05) is 12.4 Å². The number of carbonyl (C=O) groups is 1. The summed E-state index contributed by atoms with van der Waals surface area (Å²) in [5.41, 5.74) is -0.784. The summed E-state index contributed by atoms with van der Waals surface area (Å²) < 4.78 is 43.2. The van der Waals surface area contributed by atoms with Gasteiger partial charge < -0.3 is 4.74 Å². The van der Waals surface area contributed by atoms with Crippen molar-refractivity contribution in [2.45, 2.75) is 37.2 Å². The van der Waals surface area contributed by atoms with Crippen LogP contribution in [0.3, 0.4) is 0 Å². The minimum Gasteiger partial charge on any atom is -0.446 e. The Balaban J connectivity index is 1.60. The van der Waals surface area contributed by atoms with Gasteiger partial charge in [-0.25, -0.2) is 4.79 Å². The van der Waals surface area contributed by atoms with E-state index in [1.807, 2.05) is 7.05 Å². The van der Waals surface area contributed by atoms with Crippen LogP contribution in [0.15, 0.2) is 30.4 Å². The second-order valence-electron chi connectivity index (χ2n) is 6.00. The highest BCUT2D eigenvalue weighted by Crippen LogP contribution is 2.34. The fraction of sp³-hybridized carbons (Fsp3) is 0.438. The standard InChI is InChI=1S/C16H16ClF3N2O2/c1-22-10-3-4-11(22)8-12(7-10)24-15(23)21-14-5-2-9(6-13(14)17)16(18,19)20/h2-6,10-12H,7-8H2,1H3,(H,21,23)/t10-,11+,12?. The number of alkyl halides is 3. The van der Waals surface area contributed by atoms with E-state index in [1.165, 1.54) is 0 Å². The summed E-state index contributed by atoms with van der Waals surface area (Å²) in [7, 11) is 2.02. The lowest BCUT2D eigenvalue weighted by Crippen LogP contribution is -2.44. The van der Waals surface area contributed by atoms with Crippen LogP contribution in [0.25, 0.3) is 0 Å². The minimum atomic E-state index is -4.48. The SMILES string of the molecule is CN1[C@@H]2C=C[C@H]1CC(OC(=O)Nc1ccc(C(F)(F)F)cc1Cl)C2. The van der Waals surface area contributed by atoms with E-state index in [4.69, 9.17) is 16.3 Å². The van der Waals surface area contributed by atoms with Crippen molar-refractivity contribution in [1.82, 2.24) is 4.90 Å². The van der Waals surface area contributed by atoms with Crippen molar-refractivity contribution in [2.24, 2.45) is 0 Å². The van der Waals surface area contributed by atoms with Gasteiger partial charge in [-0.15, -0.1) is 0 Å². The van der Waals surface area contributed by atoms with Gasteiger partial charge in [0, 0.05) is 24.9 Å². The maximum absolute atomic E-state index is 12.6. The molecule has 2 heterocycles. The first-order chi connectivity index (χ1) is 11.2. The summed E-state index contributed by atoms with van der Waals surface area (Å²) >= 11 is 5.81. The molecule has 1 aromatic carbocycles. The molecule has 0 aliphatic carbocycles. The third-order valence-electron chi connectivity index (χ3n) is 4.42. The number of nitrogens with zero attached hydrogens (tertiary/aromatic N) is 1. The number of likely N-dealkylation sites (N-methyl/N-ethyl adjacent to an activating group) is 1. The molecule has 2 aliphatic heterocycles. The van der Waals surface area contributed by atoms with Crippen LogP contribution in [-0.2, 0) is 10.9 Å². The van der Waals surface area contributed by atoms with Crippen molar-refractivity contribution in [3.05, 3.63) is 40.9 Å². The van der Waals surface area contributed by atoms with Crippen LogP contribution in [0.2, 0.25) is 5.02 Å². The molecule has 1 N–H and O–H groups in total. The Morgan fingerprint density at radius 2 is 1.92 bits per heavy atom. The highest BCUT2D eigenvalue weighted by Gasteiger charge is 2.36. The first-order valence-electron chi connectivity index (χ1n) is 7.48. The van der Waals surface area contributed by atoms with Crippen molar-refractivity contribution in [1.29, 1.82) is 0 Å². The number of carbonyl (C=O) groups excluding carboxylic acids is 1. The molecule has 0 spiro atoms. The predicted octanol–water partition coefficient (Wildman–Crippen LogP) is 4.31.